The molecular formula is C22H27B. The van der Waals surface area contributed by atoms with Crippen LogP contribution in [0.15, 0.2) is 72.7 Å². The van der Waals surface area contributed by atoms with Crippen LogP contribution in [0.25, 0.3) is 5.57 Å². The van der Waals surface area contributed by atoms with Gasteiger partial charge in [0.15, 0.2) is 0 Å². The quantitative estimate of drug-likeness (QED) is 0.594. The normalized spacial score (nSPS) is 11.3. The molecule has 0 radical (unpaired) electrons. The van der Waals surface area contributed by atoms with E-state index < -0.39 is 0 Å². The minimum Gasteiger partial charge on any atom is -0.0591 e. The first-order chi connectivity index (χ1) is 11.0. The number of aryl methyl sites for hydroxylation is 3. The Morgan fingerprint density at radius 1 is 1.00 bits per heavy atom. The fourth-order valence-electron chi connectivity index (χ4n) is 2.22. The van der Waals surface area contributed by atoms with Crippen molar-refractivity contribution in [3.63, 3.8) is 0 Å². The predicted molar refractivity (Wildman–Crippen MR) is 106 cm³/mol. The molecule has 0 amide bonds. The van der Waals surface area contributed by atoms with Crippen molar-refractivity contribution in [3.8, 4) is 0 Å². The zero-order valence-corrected chi connectivity index (χ0v) is 15.1. The van der Waals surface area contributed by atoms with E-state index in [1.807, 2.05) is 13.0 Å². The monoisotopic (exact) mass is 302 g/mol. The average molecular weight is 302 g/mol. The first-order valence-electron chi connectivity index (χ1n) is 8.04. The van der Waals surface area contributed by atoms with Crippen molar-refractivity contribution in [3.05, 3.63) is 94.9 Å². The fraction of sp³-hybridized carbons (Fsp3) is 0.227. The van der Waals surface area contributed by atoms with Gasteiger partial charge in [0.05, 0.1) is 0 Å². The van der Waals surface area contributed by atoms with Crippen LogP contribution in [0.1, 0.15) is 36.0 Å². The molecule has 0 aliphatic rings. The van der Waals surface area contributed by atoms with Crippen molar-refractivity contribution in [2.24, 2.45) is 0 Å². The molecule has 0 unspecified atom stereocenters. The van der Waals surface area contributed by atoms with Gasteiger partial charge in [-0.05, 0) is 13.8 Å². The maximum absolute atomic E-state index is 3.83. The van der Waals surface area contributed by atoms with Crippen LogP contribution in [0.3, 0.4) is 0 Å². The molecule has 0 fully saturated rings. The Morgan fingerprint density at radius 3 is 2.00 bits per heavy atom. The Bertz CT molecular complexity index is 667. The first-order valence-corrected chi connectivity index (χ1v) is 8.04. The summed E-state index contributed by atoms with van der Waals surface area (Å²) in [5.74, 6) is 2.07. The van der Waals surface area contributed by atoms with E-state index in [0.29, 0.717) is 0 Å². The van der Waals surface area contributed by atoms with E-state index in [2.05, 4.69) is 95.7 Å². The third kappa shape index (κ3) is 6.24. The third-order valence-electron chi connectivity index (χ3n) is 3.72. The Balaban J connectivity index is 0.000000277. The van der Waals surface area contributed by atoms with Crippen LogP contribution in [-0.4, -0.2) is 6.91 Å². The molecular weight excluding hydrogens is 275 g/mol. The van der Waals surface area contributed by atoms with Gasteiger partial charge in [0.2, 0.25) is 0 Å². The predicted octanol–water partition coefficient (Wildman–Crippen LogP) is 6.17. The molecule has 0 N–H and O–H groups in total. The summed E-state index contributed by atoms with van der Waals surface area (Å²) in [5.41, 5.74) is 7.71. The van der Waals surface area contributed by atoms with Gasteiger partial charge in [0.1, 0.15) is 0 Å². The maximum Gasteiger partial charge on any atom is -0.0398 e. The first kappa shape index (κ1) is 18.9. The van der Waals surface area contributed by atoms with Gasteiger partial charge in [-0.1, -0.05) is 35.4 Å². The number of hydrogen-bond acceptors (Lipinski definition) is 0. The minimum absolute atomic E-state index is 1.21. The standard InChI is InChI=1S/C14H17B.C8H10/c1-5-8-13(11(3)6-2)14-12(4)9-7-10-15-14;1-7-3-5-8(2)6-4-7/h5-10H,2H2,1,3-4H3;3-6H,1-2H3/b8-5-,13-11+;. The second-order valence-electron chi connectivity index (χ2n) is 5.77. The molecule has 0 saturated heterocycles. The van der Waals surface area contributed by atoms with Gasteiger partial charge in [-0.3, -0.25) is 0 Å². The van der Waals surface area contributed by atoms with Crippen LogP contribution in [0.4, 0.5) is 0 Å². The van der Waals surface area contributed by atoms with E-state index in [9.17, 15) is 0 Å². The van der Waals surface area contributed by atoms with E-state index in [1.54, 1.807) is 0 Å². The van der Waals surface area contributed by atoms with Gasteiger partial charge < -0.3 is 0 Å². The van der Waals surface area contributed by atoms with Gasteiger partial charge in [0.25, 0.3) is 0 Å². The summed E-state index contributed by atoms with van der Waals surface area (Å²) >= 11 is 0. The zero-order valence-electron chi connectivity index (χ0n) is 15.1. The van der Waals surface area contributed by atoms with Crippen molar-refractivity contribution >= 4 is 12.5 Å². The van der Waals surface area contributed by atoms with Crippen molar-refractivity contribution in [1.29, 1.82) is 0 Å². The molecule has 0 nitrogen and oxygen atoms in total. The minimum atomic E-state index is 1.21. The Kier molecular flexibility index (Phi) is 8.04. The summed E-state index contributed by atoms with van der Waals surface area (Å²) in [5, 5.41) is 0. The molecule has 23 heavy (non-hydrogen) atoms. The molecule has 2 aromatic rings. The number of rotatable bonds is 3. The molecule has 0 atom stereocenters. The second-order valence-corrected chi connectivity index (χ2v) is 5.77. The molecule has 1 heterocycles. The average Bonchev–Trinajstić information content (AvgIpc) is 2.56. The van der Waals surface area contributed by atoms with Gasteiger partial charge in [0, 0.05) is 0 Å². The summed E-state index contributed by atoms with van der Waals surface area (Å²) < 4.78 is 0. The summed E-state index contributed by atoms with van der Waals surface area (Å²) in [6.45, 7) is 16.4. The molecule has 2 rings (SSSR count). The van der Waals surface area contributed by atoms with Gasteiger partial charge >= 0.3 is 92.8 Å². The van der Waals surface area contributed by atoms with E-state index in [4.69, 9.17) is 0 Å². The summed E-state index contributed by atoms with van der Waals surface area (Å²) in [6.07, 6.45) is 6.11. The molecule has 1 aromatic carbocycles. The molecule has 0 aliphatic heterocycles. The van der Waals surface area contributed by atoms with Crippen LogP contribution in [0, 0.1) is 20.8 Å². The van der Waals surface area contributed by atoms with Crippen molar-refractivity contribution in [2.75, 3.05) is 0 Å². The number of hydrogen-bond donors (Lipinski definition) is 0. The summed E-state index contributed by atoms with van der Waals surface area (Å²) in [6, 6.07) is 12.7. The van der Waals surface area contributed by atoms with Crippen molar-refractivity contribution < 1.29 is 0 Å². The smallest absolute Gasteiger partial charge is 0.0398 e. The molecule has 118 valence electrons. The molecule has 1 aromatic heterocycles. The van der Waals surface area contributed by atoms with Gasteiger partial charge in [-0.25, -0.2) is 0 Å². The number of benzene rings is 1. The molecule has 1 heteroatoms. The Hall–Kier alpha value is -2.15. The van der Waals surface area contributed by atoms with E-state index in [1.165, 1.54) is 33.3 Å². The SMILES string of the molecule is C=C/C(C)=C(\C=C/C)c1bcccc1C.Cc1ccc(C)cc1. The topological polar surface area (TPSA) is 0 Å². The van der Waals surface area contributed by atoms with E-state index in [0.717, 1.165) is 0 Å². The molecule has 0 aliphatic carbocycles. The van der Waals surface area contributed by atoms with Crippen LogP contribution < -0.4 is 0 Å². The fourth-order valence-corrected chi connectivity index (χ4v) is 2.22. The molecule has 0 bridgehead atoms. The van der Waals surface area contributed by atoms with E-state index in [-0.39, 0.29) is 0 Å². The van der Waals surface area contributed by atoms with E-state index >= 15 is 0 Å². The van der Waals surface area contributed by atoms with Crippen LogP contribution >= 0.6 is 0 Å². The van der Waals surface area contributed by atoms with Crippen LogP contribution in [0.2, 0.25) is 0 Å². The van der Waals surface area contributed by atoms with Crippen LogP contribution in [-0.2, 0) is 0 Å². The maximum atomic E-state index is 3.83. The Labute approximate surface area is 142 Å². The van der Waals surface area contributed by atoms with Gasteiger partial charge in [-0.15, -0.1) is 0 Å². The second kappa shape index (κ2) is 9.79. The van der Waals surface area contributed by atoms with Crippen LogP contribution in [0.5, 0.6) is 0 Å². The van der Waals surface area contributed by atoms with Gasteiger partial charge in [-0.2, -0.15) is 0 Å². The largest absolute Gasteiger partial charge is 0.0591 e. The number of allylic oxidation sites excluding steroid dienone is 5. The third-order valence-corrected chi connectivity index (χ3v) is 3.72. The zero-order chi connectivity index (χ0) is 17.2. The molecule has 0 saturated carbocycles. The van der Waals surface area contributed by atoms with Crippen molar-refractivity contribution in [1.82, 2.24) is 0 Å². The Morgan fingerprint density at radius 2 is 1.57 bits per heavy atom. The van der Waals surface area contributed by atoms with Crippen molar-refractivity contribution in [2.45, 2.75) is 34.6 Å². The summed E-state index contributed by atoms with van der Waals surface area (Å²) in [7, 11) is 0. The summed E-state index contributed by atoms with van der Waals surface area (Å²) in [4.78, 5) is 0. The molecule has 0 spiro atoms.